The minimum atomic E-state index is -0.912. The number of nitrogen functional groups attached to an aromatic ring is 1. The highest BCUT2D eigenvalue weighted by Gasteiger charge is 2.29. The topological polar surface area (TPSA) is 78.9 Å². The third-order valence-corrected chi connectivity index (χ3v) is 4.19. The summed E-state index contributed by atoms with van der Waals surface area (Å²) in [5.41, 5.74) is 5.22. The lowest BCUT2D eigenvalue weighted by molar-refractivity contribution is -0.120. The Kier molecular flexibility index (Phi) is 5.40. The molecule has 0 bridgehead atoms. The molecule has 0 radical (unpaired) electrons. The molecule has 0 aliphatic heterocycles. The summed E-state index contributed by atoms with van der Waals surface area (Å²) < 4.78 is 13.1. The van der Waals surface area contributed by atoms with Crippen LogP contribution in [0.2, 0.25) is 0 Å². The van der Waals surface area contributed by atoms with E-state index in [0.717, 1.165) is 11.8 Å². The summed E-state index contributed by atoms with van der Waals surface area (Å²) in [5, 5.41) is 11.8. The van der Waals surface area contributed by atoms with Crippen molar-refractivity contribution in [3.8, 4) is 6.07 Å². The summed E-state index contributed by atoms with van der Waals surface area (Å²) in [6, 6.07) is 6.12. The predicted octanol–water partition coefficient (Wildman–Crippen LogP) is 2.55. The van der Waals surface area contributed by atoms with Crippen LogP contribution in [0.15, 0.2) is 23.1 Å². The lowest BCUT2D eigenvalue weighted by Gasteiger charge is -2.27. The Bertz CT molecular complexity index is 542. The van der Waals surface area contributed by atoms with Gasteiger partial charge in [-0.15, -0.1) is 11.8 Å². The highest BCUT2D eigenvalue weighted by atomic mass is 32.2. The molecule has 0 fully saturated rings. The molecule has 1 rings (SSSR count). The molecular formula is C14H18FN3OS. The van der Waals surface area contributed by atoms with Crippen molar-refractivity contribution in [3.05, 3.63) is 24.0 Å². The Labute approximate surface area is 122 Å². The fourth-order valence-corrected chi connectivity index (χ4v) is 2.19. The monoisotopic (exact) mass is 295 g/mol. The number of halogens is 1. The predicted molar refractivity (Wildman–Crippen MR) is 78.5 cm³/mol. The van der Waals surface area contributed by atoms with Crippen molar-refractivity contribution >= 4 is 23.4 Å². The number of rotatable bonds is 5. The molecule has 0 aliphatic carbocycles. The van der Waals surface area contributed by atoms with Gasteiger partial charge in [0.2, 0.25) is 5.91 Å². The van der Waals surface area contributed by atoms with E-state index in [4.69, 9.17) is 11.0 Å². The third kappa shape index (κ3) is 4.14. The number of thioether (sulfide) groups is 1. The zero-order valence-electron chi connectivity index (χ0n) is 11.7. The van der Waals surface area contributed by atoms with Crippen LogP contribution < -0.4 is 11.1 Å². The second-order valence-corrected chi connectivity index (χ2v) is 6.01. The summed E-state index contributed by atoms with van der Waals surface area (Å²) in [6.07, 6.45) is 0. The van der Waals surface area contributed by atoms with Crippen molar-refractivity contribution in [3.63, 3.8) is 0 Å². The number of hydrogen-bond donors (Lipinski definition) is 2. The van der Waals surface area contributed by atoms with Gasteiger partial charge in [0.1, 0.15) is 11.4 Å². The number of carbonyl (C=O) groups excluding carboxylic acids is 1. The van der Waals surface area contributed by atoms with Gasteiger partial charge in [-0.05, 0) is 31.0 Å². The van der Waals surface area contributed by atoms with Gasteiger partial charge in [-0.25, -0.2) is 4.39 Å². The molecule has 4 nitrogen and oxygen atoms in total. The van der Waals surface area contributed by atoms with Crippen molar-refractivity contribution in [1.82, 2.24) is 5.32 Å². The fourth-order valence-electron chi connectivity index (χ4n) is 1.40. The van der Waals surface area contributed by atoms with Gasteiger partial charge < -0.3 is 11.1 Å². The SMILES string of the molecule is CC(C)C(C)(C#N)NC(=O)CSc1cc(F)ccc1N. The lowest BCUT2D eigenvalue weighted by atomic mass is 9.90. The molecule has 0 saturated heterocycles. The summed E-state index contributed by atoms with van der Waals surface area (Å²) in [4.78, 5) is 12.4. The Morgan fingerprint density at radius 1 is 1.60 bits per heavy atom. The van der Waals surface area contributed by atoms with Crippen molar-refractivity contribution in [2.24, 2.45) is 5.92 Å². The van der Waals surface area contributed by atoms with Crippen LogP contribution in [0.25, 0.3) is 0 Å². The Morgan fingerprint density at radius 3 is 2.80 bits per heavy atom. The van der Waals surface area contributed by atoms with E-state index in [9.17, 15) is 9.18 Å². The largest absolute Gasteiger partial charge is 0.398 e. The highest BCUT2D eigenvalue weighted by Crippen LogP contribution is 2.26. The number of carbonyl (C=O) groups is 1. The molecule has 108 valence electrons. The van der Waals surface area contributed by atoms with Crippen LogP contribution in [0.1, 0.15) is 20.8 Å². The molecule has 6 heteroatoms. The van der Waals surface area contributed by atoms with Crippen LogP contribution in [0.5, 0.6) is 0 Å². The molecule has 3 N–H and O–H groups in total. The van der Waals surface area contributed by atoms with Crippen molar-refractivity contribution in [1.29, 1.82) is 5.26 Å². The Morgan fingerprint density at radius 2 is 2.25 bits per heavy atom. The van der Waals surface area contributed by atoms with Crippen LogP contribution >= 0.6 is 11.8 Å². The molecule has 0 saturated carbocycles. The van der Waals surface area contributed by atoms with Crippen LogP contribution in [-0.2, 0) is 4.79 Å². The Balaban J connectivity index is 2.65. The van der Waals surface area contributed by atoms with Crippen LogP contribution in [0, 0.1) is 23.1 Å². The van der Waals surface area contributed by atoms with E-state index < -0.39 is 11.4 Å². The molecular weight excluding hydrogens is 277 g/mol. The van der Waals surface area contributed by atoms with Gasteiger partial charge >= 0.3 is 0 Å². The first kappa shape index (κ1) is 16.3. The van der Waals surface area contributed by atoms with Gasteiger partial charge in [0, 0.05) is 10.6 Å². The summed E-state index contributed by atoms with van der Waals surface area (Å²) >= 11 is 1.15. The average Bonchev–Trinajstić information content (AvgIpc) is 2.39. The maximum atomic E-state index is 13.1. The van der Waals surface area contributed by atoms with Crippen molar-refractivity contribution < 1.29 is 9.18 Å². The standard InChI is InChI=1S/C14H18FN3OS/c1-9(2)14(3,8-16)18-13(19)7-20-12-6-10(15)4-5-11(12)17/h4-6,9H,7,17H2,1-3H3,(H,18,19). The molecule has 1 aromatic carbocycles. The smallest absolute Gasteiger partial charge is 0.231 e. The minimum Gasteiger partial charge on any atom is -0.398 e. The van der Waals surface area contributed by atoms with Crippen LogP contribution in [-0.4, -0.2) is 17.2 Å². The second kappa shape index (κ2) is 6.62. The van der Waals surface area contributed by atoms with E-state index >= 15 is 0 Å². The quantitative estimate of drug-likeness (QED) is 0.646. The Hall–Kier alpha value is -1.74. The van der Waals surface area contributed by atoms with Crippen molar-refractivity contribution in [2.75, 3.05) is 11.5 Å². The zero-order valence-corrected chi connectivity index (χ0v) is 12.6. The maximum absolute atomic E-state index is 13.1. The zero-order chi connectivity index (χ0) is 15.3. The lowest BCUT2D eigenvalue weighted by Crippen LogP contribution is -2.49. The highest BCUT2D eigenvalue weighted by molar-refractivity contribution is 8.00. The molecule has 1 aromatic rings. The molecule has 0 aromatic heterocycles. The molecule has 1 atom stereocenters. The van der Waals surface area contributed by atoms with E-state index in [1.807, 2.05) is 13.8 Å². The van der Waals surface area contributed by atoms with E-state index in [2.05, 4.69) is 11.4 Å². The van der Waals surface area contributed by atoms with Gasteiger partial charge in [-0.1, -0.05) is 13.8 Å². The van der Waals surface area contributed by atoms with Gasteiger partial charge in [0.25, 0.3) is 0 Å². The van der Waals surface area contributed by atoms with Gasteiger partial charge in [-0.3, -0.25) is 4.79 Å². The molecule has 1 amide bonds. The molecule has 0 aliphatic rings. The number of nitriles is 1. The first-order valence-electron chi connectivity index (χ1n) is 6.18. The number of amides is 1. The van der Waals surface area contributed by atoms with E-state index in [0.29, 0.717) is 10.6 Å². The van der Waals surface area contributed by atoms with E-state index in [1.165, 1.54) is 18.2 Å². The first-order chi connectivity index (χ1) is 9.28. The number of nitrogens with one attached hydrogen (secondary N) is 1. The first-order valence-corrected chi connectivity index (χ1v) is 7.17. The number of hydrogen-bond acceptors (Lipinski definition) is 4. The normalized spacial score (nSPS) is 13.6. The summed E-state index contributed by atoms with van der Waals surface area (Å²) in [7, 11) is 0. The summed E-state index contributed by atoms with van der Waals surface area (Å²) in [5.74, 6) is -0.610. The minimum absolute atomic E-state index is 0.0133. The second-order valence-electron chi connectivity index (χ2n) is 4.99. The maximum Gasteiger partial charge on any atom is 0.231 e. The number of anilines is 1. The number of benzene rings is 1. The molecule has 0 heterocycles. The number of nitrogens with two attached hydrogens (primary N) is 1. The van der Waals surface area contributed by atoms with Crippen LogP contribution in [0.3, 0.4) is 0 Å². The van der Waals surface area contributed by atoms with E-state index in [1.54, 1.807) is 6.92 Å². The van der Waals surface area contributed by atoms with Gasteiger partial charge in [0.05, 0.1) is 11.8 Å². The fraction of sp³-hybridized carbons (Fsp3) is 0.429. The summed E-state index contributed by atoms with van der Waals surface area (Å²) in [6.45, 7) is 5.40. The average molecular weight is 295 g/mol. The molecule has 20 heavy (non-hydrogen) atoms. The van der Waals surface area contributed by atoms with Gasteiger partial charge in [-0.2, -0.15) is 5.26 Å². The van der Waals surface area contributed by atoms with Crippen LogP contribution in [0.4, 0.5) is 10.1 Å². The third-order valence-electron chi connectivity index (χ3n) is 3.12. The number of nitrogens with zero attached hydrogens (tertiary/aromatic N) is 1. The molecule has 1 unspecified atom stereocenters. The van der Waals surface area contributed by atoms with Gasteiger partial charge in [0.15, 0.2) is 0 Å². The molecule has 0 spiro atoms. The van der Waals surface area contributed by atoms with E-state index in [-0.39, 0.29) is 17.6 Å². The van der Waals surface area contributed by atoms with Crippen molar-refractivity contribution in [2.45, 2.75) is 31.2 Å².